The lowest BCUT2D eigenvalue weighted by Crippen LogP contribution is -2.53. The molecule has 1 fully saturated rings. The molecule has 7 heteroatoms. The Balaban J connectivity index is 1.73. The molecule has 28 heavy (non-hydrogen) atoms. The Labute approximate surface area is 165 Å². The molecule has 148 valence electrons. The number of benzene rings is 1. The first-order valence-electron chi connectivity index (χ1n) is 9.36. The molecule has 0 bridgehead atoms. The number of amides is 3. The van der Waals surface area contributed by atoms with Crippen LogP contribution in [0.15, 0.2) is 42.6 Å². The zero-order chi connectivity index (χ0) is 20.1. The highest BCUT2D eigenvalue weighted by Gasteiger charge is 2.32. The summed E-state index contributed by atoms with van der Waals surface area (Å²) in [5, 5.41) is 5.86. The second kappa shape index (κ2) is 8.73. The highest BCUT2D eigenvalue weighted by molar-refractivity contribution is 5.89. The quantitative estimate of drug-likeness (QED) is 0.852. The first-order chi connectivity index (χ1) is 13.5. The van der Waals surface area contributed by atoms with Crippen LogP contribution >= 0.6 is 0 Å². The summed E-state index contributed by atoms with van der Waals surface area (Å²) in [4.78, 5) is 30.4. The molecule has 2 atom stereocenters. The lowest BCUT2D eigenvalue weighted by atomic mass is 9.85. The fraction of sp³-hybridized carbons (Fsp3) is 0.381. The fourth-order valence-corrected chi connectivity index (χ4v) is 3.51. The normalized spacial score (nSPS) is 19.0. The number of nitrogens with one attached hydrogen (secondary N) is 2. The van der Waals surface area contributed by atoms with Crippen molar-refractivity contribution in [1.82, 2.24) is 15.2 Å². The maximum Gasteiger partial charge on any atom is 0.319 e. The number of urea groups is 1. The van der Waals surface area contributed by atoms with Gasteiger partial charge in [0.15, 0.2) is 0 Å². The summed E-state index contributed by atoms with van der Waals surface area (Å²) in [7, 11) is 1.63. The third kappa shape index (κ3) is 4.79. The van der Waals surface area contributed by atoms with Crippen LogP contribution in [0.2, 0.25) is 0 Å². The molecule has 3 rings (SSSR count). The van der Waals surface area contributed by atoms with E-state index in [2.05, 4.69) is 15.6 Å². The first kappa shape index (κ1) is 19.7. The van der Waals surface area contributed by atoms with Crippen molar-refractivity contribution in [3.63, 3.8) is 0 Å². The number of anilines is 1. The number of nitrogens with zero attached hydrogens (tertiary/aromatic N) is 2. The lowest BCUT2D eigenvalue weighted by Gasteiger charge is -2.38. The van der Waals surface area contributed by atoms with Crippen LogP contribution in [0.4, 0.5) is 10.5 Å². The van der Waals surface area contributed by atoms with E-state index in [0.717, 1.165) is 23.4 Å². The van der Waals surface area contributed by atoms with Crippen molar-refractivity contribution >= 4 is 17.6 Å². The molecule has 1 aromatic heterocycles. The highest BCUT2D eigenvalue weighted by atomic mass is 16.5. The van der Waals surface area contributed by atoms with E-state index >= 15 is 0 Å². The monoisotopic (exact) mass is 382 g/mol. The van der Waals surface area contributed by atoms with Crippen LogP contribution in [0.5, 0.6) is 5.75 Å². The molecular weight excluding hydrogens is 356 g/mol. The molecule has 0 aliphatic carbocycles. The molecule has 0 radical (unpaired) electrons. The molecule has 0 spiro atoms. The molecule has 0 saturated carbocycles. The number of carbonyl (C=O) groups is 2. The van der Waals surface area contributed by atoms with E-state index in [-0.39, 0.29) is 23.9 Å². The number of hydrogen-bond donors (Lipinski definition) is 2. The minimum absolute atomic E-state index is 0.0168. The number of aryl methyl sites for hydroxylation is 1. The SMILES string of the molecule is COc1ccc([C@@H]2CCN(C(C)=O)C[C@H]2NC(=O)Nc2ccc(C)nc2)cc1. The summed E-state index contributed by atoms with van der Waals surface area (Å²) in [6.45, 7) is 4.60. The van der Waals surface area contributed by atoms with Crippen LogP contribution in [-0.4, -0.2) is 48.1 Å². The molecule has 1 aliphatic heterocycles. The van der Waals surface area contributed by atoms with Gasteiger partial charge in [0.1, 0.15) is 5.75 Å². The summed E-state index contributed by atoms with van der Waals surface area (Å²) in [5.74, 6) is 0.922. The number of methoxy groups -OCH3 is 1. The number of piperidine rings is 1. The Morgan fingerprint density at radius 2 is 1.93 bits per heavy atom. The van der Waals surface area contributed by atoms with E-state index < -0.39 is 0 Å². The summed E-state index contributed by atoms with van der Waals surface area (Å²) in [6, 6.07) is 11.0. The highest BCUT2D eigenvalue weighted by Crippen LogP contribution is 2.30. The van der Waals surface area contributed by atoms with Crippen LogP contribution in [0.3, 0.4) is 0 Å². The summed E-state index contributed by atoms with van der Waals surface area (Å²) in [5.41, 5.74) is 2.63. The smallest absolute Gasteiger partial charge is 0.319 e. The zero-order valence-corrected chi connectivity index (χ0v) is 16.4. The number of likely N-dealkylation sites (tertiary alicyclic amines) is 1. The largest absolute Gasteiger partial charge is 0.497 e. The Bertz CT molecular complexity index is 821. The Hall–Kier alpha value is -3.09. The van der Waals surface area contributed by atoms with Crippen LogP contribution in [0, 0.1) is 6.92 Å². The van der Waals surface area contributed by atoms with Crippen LogP contribution in [0.25, 0.3) is 0 Å². The molecule has 3 amide bonds. The van der Waals surface area contributed by atoms with Crippen LogP contribution < -0.4 is 15.4 Å². The number of ether oxygens (including phenoxy) is 1. The van der Waals surface area contributed by atoms with Gasteiger partial charge in [0.2, 0.25) is 5.91 Å². The number of aromatic nitrogens is 1. The average molecular weight is 382 g/mol. The number of hydrogen-bond acceptors (Lipinski definition) is 4. The van der Waals surface area contributed by atoms with Gasteiger partial charge >= 0.3 is 6.03 Å². The van der Waals surface area contributed by atoms with Crippen molar-refractivity contribution in [1.29, 1.82) is 0 Å². The van der Waals surface area contributed by atoms with Crippen molar-refractivity contribution in [2.45, 2.75) is 32.2 Å². The van der Waals surface area contributed by atoms with Gasteiger partial charge in [-0.2, -0.15) is 0 Å². The van der Waals surface area contributed by atoms with E-state index in [4.69, 9.17) is 4.74 Å². The standard InChI is InChI=1S/C21H26N4O3/c1-14-4-7-17(12-22-14)23-21(27)24-20-13-25(15(2)26)11-10-19(20)16-5-8-18(28-3)9-6-16/h4-9,12,19-20H,10-11,13H2,1-3H3,(H2,23,24,27)/t19-,20+/m0/s1. The summed E-state index contributed by atoms with van der Waals surface area (Å²) >= 11 is 0. The average Bonchev–Trinajstić information content (AvgIpc) is 2.69. The van der Waals surface area contributed by atoms with Crippen molar-refractivity contribution in [2.75, 3.05) is 25.5 Å². The second-order valence-corrected chi connectivity index (χ2v) is 7.03. The van der Waals surface area contributed by atoms with E-state index in [9.17, 15) is 9.59 Å². The molecule has 1 aliphatic rings. The molecule has 7 nitrogen and oxygen atoms in total. The maximum atomic E-state index is 12.5. The van der Waals surface area contributed by atoms with Gasteiger partial charge in [-0.25, -0.2) is 4.79 Å². The molecule has 1 saturated heterocycles. The number of pyridine rings is 1. The summed E-state index contributed by atoms with van der Waals surface area (Å²) < 4.78 is 5.23. The van der Waals surface area contributed by atoms with Crippen molar-refractivity contribution in [2.24, 2.45) is 0 Å². The lowest BCUT2D eigenvalue weighted by molar-refractivity contribution is -0.130. The molecule has 1 aromatic carbocycles. The Morgan fingerprint density at radius 1 is 1.18 bits per heavy atom. The van der Waals surface area contributed by atoms with Gasteiger partial charge in [0, 0.05) is 31.6 Å². The van der Waals surface area contributed by atoms with Crippen molar-refractivity contribution in [3.05, 3.63) is 53.9 Å². The van der Waals surface area contributed by atoms with Gasteiger partial charge in [0.25, 0.3) is 0 Å². The third-order valence-corrected chi connectivity index (χ3v) is 5.09. The van der Waals surface area contributed by atoms with E-state index in [1.165, 1.54) is 0 Å². The van der Waals surface area contributed by atoms with Gasteiger partial charge < -0.3 is 20.3 Å². The van der Waals surface area contributed by atoms with Crippen LogP contribution in [-0.2, 0) is 4.79 Å². The molecule has 2 heterocycles. The minimum Gasteiger partial charge on any atom is -0.497 e. The van der Waals surface area contributed by atoms with E-state index in [0.29, 0.717) is 18.8 Å². The number of rotatable bonds is 4. The summed E-state index contributed by atoms with van der Waals surface area (Å²) in [6.07, 6.45) is 2.40. The third-order valence-electron chi connectivity index (χ3n) is 5.09. The van der Waals surface area contributed by atoms with Crippen molar-refractivity contribution < 1.29 is 14.3 Å². The molecule has 0 unspecified atom stereocenters. The van der Waals surface area contributed by atoms with E-state index in [1.54, 1.807) is 25.1 Å². The molecular formula is C21H26N4O3. The first-order valence-corrected chi connectivity index (χ1v) is 9.36. The van der Waals surface area contributed by atoms with E-state index in [1.807, 2.05) is 43.3 Å². The van der Waals surface area contributed by atoms with Gasteiger partial charge in [-0.1, -0.05) is 12.1 Å². The van der Waals surface area contributed by atoms with Gasteiger partial charge in [0.05, 0.1) is 25.0 Å². The Kier molecular flexibility index (Phi) is 6.13. The van der Waals surface area contributed by atoms with Crippen LogP contribution in [0.1, 0.15) is 30.5 Å². The second-order valence-electron chi connectivity index (χ2n) is 7.03. The minimum atomic E-state index is -0.306. The Morgan fingerprint density at radius 3 is 2.54 bits per heavy atom. The fourth-order valence-electron chi connectivity index (χ4n) is 3.51. The predicted octanol–water partition coefficient (Wildman–Crippen LogP) is 2.92. The molecule has 2 N–H and O–H groups in total. The maximum absolute atomic E-state index is 12.5. The molecule has 2 aromatic rings. The van der Waals surface area contributed by atoms with Gasteiger partial charge in [-0.3, -0.25) is 9.78 Å². The van der Waals surface area contributed by atoms with Gasteiger partial charge in [-0.15, -0.1) is 0 Å². The number of carbonyl (C=O) groups excluding carboxylic acids is 2. The topological polar surface area (TPSA) is 83.6 Å². The predicted molar refractivity (Wildman–Crippen MR) is 108 cm³/mol. The van der Waals surface area contributed by atoms with Crippen molar-refractivity contribution in [3.8, 4) is 5.75 Å². The van der Waals surface area contributed by atoms with Gasteiger partial charge in [-0.05, 0) is 43.2 Å². The zero-order valence-electron chi connectivity index (χ0n) is 16.4.